The van der Waals surface area contributed by atoms with Gasteiger partial charge in [-0.1, -0.05) is 30.3 Å². The number of rotatable bonds is 3. The summed E-state index contributed by atoms with van der Waals surface area (Å²) in [6.45, 7) is 1.78. The lowest BCUT2D eigenvalue weighted by Gasteiger charge is -2.02. The fourth-order valence-electron chi connectivity index (χ4n) is 1.19. The number of amides is 2. The highest BCUT2D eigenvalue weighted by atomic mass is 16.5. The molecule has 92 valence electrons. The predicted octanol–water partition coefficient (Wildman–Crippen LogP) is 1.87. The molecule has 0 aliphatic rings. The number of carbonyl (C=O) groups is 2. The second-order valence-electron chi connectivity index (χ2n) is 3.26. The monoisotopic (exact) mass is 244 g/mol. The summed E-state index contributed by atoms with van der Waals surface area (Å²) in [6, 6.07) is 10.6. The van der Waals surface area contributed by atoms with Crippen molar-refractivity contribution in [2.24, 2.45) is 0 Å². The van der Waals surface area contributed by atoms with E-state index in [1.807, 2.05) is 11.4 Å². The summed E-state index contributed by atoms with van der Waals surface area (Å²) in [5.74, 6) is -0.778. The second kappa shape index (κ2) is 6.86. The summed E-state index contributed by atoms with van der Waals surface area (Å²) in [7, 11) is 0. The highest BCUT2D eigenvalue weighted by molar-refractivity contribution is 6.07. The van der Waals surface area contributed by atoms with Crippen LogP contribution in [-0.2, 0) is 9.53 Å². The maximum absolute atomic E-state index is 11.6. The summed E-state index contributed by atoms with van der Waals surface area (Å²) >= 11 is 0. The predicted molar refractivity (Wildman–Crippen MR) is 65.2 cm³/mol. The lowest BCUT2D eigenvalue weighted by Crippen LogP contribution is -2.31. The average Bonchev–Trinajstić information content (AvgIpc) is 2.37. The largest absolute Gasteiger partial charge is 0.450 e. The number of nitriles is 1. The first-order chi connectivity index (χ1) is 8.67. The minimum atomic E-state index is -0.864. The molecular weight excluding hydrogens is 232 g/mol. The fourth-order valence-corrected chi connectivity index (χ4v) is 1.19. The van der Waals surface area contributed by atoms with E-state index in [4.69, 9.17) is 5.26 Å². The van der Waals surface area contributed by atoms with Crippen molar-refractivity contribution >= 4 is 18.1 Å². The van der Waals surface area contributed by atoms with Crippen LogP contribution in [0.5, 0.6) is 0 Å². The minimum Gasteiger partial charge on any atom is -0.450 e. The van der Waals surface area contributed by atoms with Gasteiger partial charge in [0.1, 0.15) is 11.6 Å². The van der Waals surface area contributed by atoms with Crippen LogP contribution in [0.15, 0.2) is 35.9 Å². The van der Waals surface area contributed by atoms with Crippen molar-refractivity contribution in [2.45, 2.75) is 6.92 Å². The molecule has 0 aromatic heterocycles. The summed E-state index contributed by atoms with van der Waals surface area (Å²) in [4.78, 5) is 22.6. The highest BCUT2D eigenvalue weighted by Gasteiger charge is 2.13. The zero-order chi connectivity index (χ0) is 13.4. The molecule has 5 nitrogen and oxygen atoms in total. The van der Waals surface area contributed by atoms with E-state index in [1.54, 1.807) is 37.3 Å². The Bertz CT molecular complexity index is 501. The Morgan fingerprint density at radius 1 is 1.39 bits per heavy atom. The van der Waals surface area contributed by atoms with Gasteiger partial charge in [-0.05, 0) is 18.6 Å². The Balaban J connectivity index is 2.79. The van der Waals surface area contributed by atoms with Crippen molar-refractivity contribution in [3.63, 3.8) is 0 Å². The van der Waals surface area contributed by atoms with Gasteiger partial charge >= 0.3 is 6.09 Å². The highest BCUT2D eigenvalue weighted by Crippen LogP contribution is 2.06. The molecule has 0 spiro atoms. The fraction of sp³-hybridized carbons (Fsp3) is 0.154. The number of hydrogen-bond acceptors (Lipinski definition) is 4. The van der Waals surface area contributed by atoms with E-state index in [9.17, 15) is 9.59 Å². The van der Waals surface area contributed by atoms with Gasteiger partial charge in [-0.2, -0.15) is 5.26 Å². The van der Waals surface area contributed by atoms with Crippen LogP contribution < -0.4 is 5.32 Å². The van der Waals surface area contributed by atoms with Crippen molar-refractivity contribution in [3.05, 3.63) is 41.5 Å². The first-order valence-electron chi connectivity index (χ1n) is 5.32. The van der Waals surface area contributed by atoms with Crippen LogP contribution in [0.2, 0.25) is 0 Å². The molecule has 0 saturated carbocycles. The maximum atomic E-state index is 11.6. The number of hydrogen-bond donors (Lipinski definition) is 1. The second-order valence-corrected chi connectivity index (χ2v) is 3.26. The van der Waals surface area contributed by atoms with Crippen LogP contribution in [0, 0.1) is 11.3 Å². The van der Waals surface area contributed by atoms with E-state index < -0.39 is 12.0 Å². The summed E-state index contributed by atoms with van der Waals surface area (Å²) < 4.78 is 4.55. The third-order valence-corrected chi connectivity index (χ3v) is 1.97. The van der Waals surface area contributed by atoms with E-state index in [2.05, 4.69) is 4.74 Å². The van der Waals surface area contributed by atoms with Gasteiger partial charge in [0.2, 0.25) is 0 Å². The van der Waals surface area contributed by atoms with Gasteiger partial charge in [0.25, 0.3) is 5.91 Å². The van der Waals surface area contributed by atoms with E-state index in [0.29, 0.717) is 5.56 Å². The first-order valence-corrected chi connectivity index (χ1v) is 5.32. The molecule has 18 heavy (non-hydrogen) atoms. The van der Waals surface area contributed by atoms with Crippen LogP contribution in [0.3, 0.4) is 0 Å². The van der Waals surface area contributed by atoms with E-state index in [0.717, 1.165) is 0 Å². The van der Waals surface area contributed by atoms with E-state index in [-0.39, 0.29) is 12.2 Å². The Morgan fingerprint density at radius 2 is 2.06 bits per heavy atom. The summed E-state index contributed by atoms with van der Waals surface area (Å²) in [5.41, 5.74) is 0.544. The van der Waals surface area contributed by atoms with Gasteiger partial charge in [-0.3, -0.25) is 10.1 Å². The van der Waals surface area contributed by atoms with Crippen LogP contribution >= 0.6 is 0 Å². The van der Waals surface area contributed by atoms with Crippen molar-refractivity contribution in [3.8, 4) is 6.07 Å². The van der Waals surface area contributed by atoms with Gasteiger partial charge in [-0.15, -0.1) is 0 Å². The molecule has 0 aliphatic carbocycles. The molecule has 0 heterocycles. The molecule has 1 N–H and O–H groups in total. The third kappa shape index (κ3) is 4.10. The van der Waals surface area contributed by atoms with Crippen molar-refractivity contribution in [1.82, 2.24) is 5.32 Å². The molecule has 0 saturated heterocycles. The molecule has 2 amide bonds. The Kier molecular flexibility index (Phi) is 5.13. The van der Waals surface area contributed by atoms with Crippen molar-refractivity contribution in [1.29, 1.82) is 5.26 Å². The SMILES string of the molecule is CCOC(=O)NC(=O)/C(C#N)=C\c1ccccc1. The zero-order valence-electron chi connectivity index (χ0n) is 9.84. The maximum Gasteiger partial charge on any atom is 0.414 e. The first kappa shape index (κ1) is 13.5. The smallest absolute Gasteiger partial charge is 0.414 e. The lowest BCUT2D eigenvalue weighted by atomic mass is 10.1. The number of alkyl carbamates (subject to hydrolysis) is 1. The lowest BCUT2D eigenvalue weighted by molar-refractivity contribution is -0.116. The van der Waals surface area contributed by atoms with Gasteiger partial charge in [0, 0.05) is 0 Å². The third-order valence-electron chi connectivity index (χ3n) is 1.97. The average molecular weight is 244 g/mol. The molecular formula is C13H12N2O3. The molecule has 1 aromatic carbocycles. The minimum absolute atomic E-state index is 0.156. The molecule has 0 bridgehead atoms. The number of benzene rings is 1. The van der Waals surface area contributed by atoms with E-state index in [1.165, 1.54) is 6.08 Å². The Morgan fingerprint density at radius 3 is 2.61 bits per heavy atom. The number of carbonyl (C=O) groups excluding carboxylic acids is 2. The summed E-state index contributed by atoms with van der Waals surface area (Å²) in [5, 5.41) is 10.8. The molecule has 0 unspecified atom stereocenters. The molecule has 0 atom stereocenters. The Labute approximate surface area is 105 Å². The normalized spacial score (nSPS) is 10.3. The summed E-state index contributed by atoms with van der Waals surface area (Å²) in [6.07, 6.45) is 0.533. The number of nitrogens with zero attached hydrogens (tertiary/aromatic N) is 1. The van der Waals surface area contributed by atoms with Crippen molar-refractivity contribution < 1.29 is 14.3 Å². The Hall–Kier alpha value is -2.61. The van der Waals surface area contributed by atoms with Gasteiger partial charge in [-0.25, -0.2) is 4.79 Å². The number of ether oxygens (including phenoxy) is 1. The van der Waals surface area contributed by atoms with Crippen LogP contribution in [-0.4, -0.2) is 18.6 Å². The molecule has 0 fully saturated rings. The molecule has 1 rings (SSSR count). The van der Waals surface area contributed by atoms with Gasteiger partial charge in [0.05, 0.1) is 6.61 Å². The topological polar surface area (TPSA) is 79.2 Å². The van der Waals surface area contributed by atoms with Crippen LogP contribution in [0.1, 0.15) is 12.5 Å². The van der Waals surface area contributed by atoms with Crippen LogP contribution in [0.4, 0.5) is 4.79 Å². The van der Waals surface area contributed by atoms with Gasteiger partial charge in [0.15, 0.2) is 0 Å². The molecule has 1 aromatic rings. The molecule has 0 radical (unpaired) electrons. The molecule has 0 aliphatic heterocycles. The quantitative estimate of drug-likeness (QED) is 0.650. The standard InChI is InChI=1S/C13H12N2O3/c1-2-18-13(17)15-12(16)11(9-14)8-10-6-4-3-5-7-10/h3-8H,2H2,1H3,(H,15,16,17)/b11-8-. The van der Waals surface area contributed by atoms with Gasteiger partial charge < -0.3 is 4.74 Å². The van der Waals surface area contributed by atoms with Crippen molar-refractivity contribution in [2.75, 3.05) is 6.61 Å². The number of imide groups is 1. The van der Waals surface area contributed by atoms with E-state index >= 15 is 0 Å². The molecule has 5 heteroatoms. The van der Waals surface area contributed by atoms with Crippen LogP contribution in [0.25, 0.3) is 6.08 Å². The number of nitrogens with one attached hydrogen (secondary N) is 1. The zero-order valence-corrected chi connectivity index (χ0v) is 9.84.